The normalized spacial score (nSPS) is 11.6. The van der Waals surface area contributed by atoms with Crippen LogP contribution in [0.3, 0.4) is 0 Å². The molecule has 0 aliphatic carbocycles. The lowest BCUT2D eigenvalue weighted by Gasteiger charge is -2.12. The van der Waals surface area contributed by atoms with Crippen LogP contribution >= 0.6 is 0 Å². The molecule has 3 nitrogen and oxygen atoms in total. The van der Waals surface area contributed by atoms with E-state index in [4.69, 9.17) is 0 Å². The zero-order valence-corrected chi connectivity index (χ0v) is 15.1. The van der Waals surface area contributed by atoms with Crippen LogP contribution in [0.25, 0.3) is 11.1 Å². The smallest absolute Gasteiger partial charge is 0.251 e. The molecular formula is C24H22NO2. The van der Waals surface area contributed by atoms with Crippen LogP contribution in [-0.2, 0) is 11.2 Å². The van der Waals surface area contributed by atoms with Crippen LogP contribution in [0, 0.1) is 0 Å². The van der Waals surface area contributed by atoms with Gasteiger partial charge in [0.2, 0.25) is 6.29 Å². The minimum Gasteiger partial charge on any atom is -0.342 e. The minimum atomic E-state index is -0.588. The number of rotatable bonds is 8. The van der Waals surface area contributed by atoms with Gasteiger partial charge in [0.15, 0.2) is 0 Å². The van der Waals surface area contributed by atoms with Gasteiger partial charge in [0.25, 0.3) is 5.91 Å². The zero-order valence-electron chi connectivity index (χ0n) is 15.1. The number of amides is 1. The van der Waals surface area contributed by atoms with Crippen LogP contribution in [-0.4, -0.2) is 18.2 Å². The van der Waals surface area contributed by atoms with Gasteiger partial charge >= 0.3 is 0 Å². The van der Waals surface area contributed by atoms with Crippen molar-refractivity contribution in [2.75, 3.05) is 0 Å². The molecule has 0 aromatic heterocycles. The summed E-state index contributed by atoms with van der Waals surface area (Å²) in [5.74, 6) is -0.248. The van der Waals surface area contributed by atoms with Gasteiger partial charge in [0, 0.05) is 5.56 Å². The highest BCUT2D eigenvalue weighted by molar-refractivity contribution is 5.96. The molecule has 3 heteroatoms. The summed E-state index contributed by atoms with van der Waals surface area (Å²) < 4.78 is 0. The molecule has 0 spiro atoms. The zero-order chi connectivity index (χ0) is 18.9. The van der Waals surface area contributed by atoms with Crippen molar-refractivity contribution in [2.24, 2.45) is 0 Å². The fraction of sp³-hybridized carbons (Fsp3) is 0.167. The molecule has 27 heavy (non-hydrogen) atoms. The highest BCUT2D eigenvalue weighted by Crippen LogP contribution is 2.19. The molecule has 0 saturated heterocycles. The van der Waals surface area contributed by atoms with E-state index in [0.29, 0.717) is 12.0 Å². The third-order valence-electron chi connectivity index (χ3n) is 4.50. The Balaban J connectivity index is 1.54. The number of aryl methyl sites for hydroxylation is 1. The van der Waals surface area contributed by atoms with E-state index in [1.165, 1.54) is 5.56 Å². The predicted octanol–water partition coefficient (Wildman–Crippen LogP) is 4.58. The molecule has 0 bridgehead atoms. The Morgan fingerprint density at radius 2 is 1.41 bits per heavy atom. The van der Waals surface area contributed by atoms with E-state index in [0.717, 1.165) is 24.0 Å². The van der Waals surface area contributed by atoms with Gasteiger partial charge < -0.3 is 5.32 Å². The molecule has 1 amide bonds. The van der Waals surface area contributed by atoms with Crippen LogP contribution in [0.1, 0.15) is 28.8 Å². The Labute approximate surface area is 160 Å². The molecule has 3 rings (SSSR count). The van der Waals surface area contributed by atoms with Crippen LogP contribution in [0.2, 0.25) is 0 Å². The molecule has 1 atom stereocenters. The maximum atomic E-state index is 12.4. The molecule has 3 aromatic carbocycles. The van der Waals surface area contributed by atoms with Gasteiger partial charge in [0.1, 0.15) is 0 Å². The fourth-order valence-corrected chi connectivity index (χ4v) is 3.00. The first-order valence-electron chi connectivity index (χ1n) is 9.14. The molecule has 1 radical (unpaired) electrons. The molecular weight excluding hydrogens is 334 g/mol. The highest BCUT2D eigenvalue weighted by atomic mass is 16.2. The molecule has 0 unspecified atom stereocenters. The number of nitrogens with one attached hydrogen (secondary N) is 1. The van der Waals surface area contributed by atoms with E-state index in [1.54, 1.807) is 12.1 Å². The lowest BCUT2D eigenvalue weighted by atomic mass is 10.0. The first-order valence-corrected chi connectivity index (χ1v) is 9.14. The van der Waals surface area contributed by atoms with Gasteiger partial charge in [-0.2, -0.15) is 0 Å². The van der Waals surface area contributed by atoms with Crippen molar-refractivity contribution >= 4 is 12.2 Å². The number of carbonyl (C=O) groups excluding carboxylic acids is 2. The third kappa shape index (κ3) is 5.38. The van der Waals surface area contributed by atoms with Crippen molar-refractivity contribution in [3.63, 3.8) is 0 Å². The second-order valence-electron chi connectivity index (χ2n) is 6.47. The van der Waals surface area contributed by atoms with E-state index in [-0.39, 0.29) is 5.91 Å². The highest BCUT2D eigenvalue weighted by Gasteiger charge is 2.14. The van der Waals surface area contributed by atoms with Crippen LogP contribution in [0.4, 0.5) is 0 Å². The molecule has 0 aliphatic heterocycles. The first-order chi connectivity index (χ1) is 13.3. The van der Waals surface area contributed by atoms with Gasteiger partial charge in [-0.25, -0.2) is 0 Å². The average molecular weight is 356 g/mol. The van der Waals surface area contributed by atoms with Crippen molar-refractivity contribution in [1.82, 2.24) is 5.32 Å². The Morgan fingerprint density at radius 1 is 0.815 bits per heavy atom. The summed E-state index contributed by atoms with van der Waals surface area (Å²) >= 11 is 0. The summed E-state index contributed by atoms with van der Waals surface area (Å²) in [5.41, 5.74) is 3.92. The maximum Gasteiger partial charge on any atom is 0.251 e. The van der Waals surface area contributed by atoms with Crippen LogP contribution in [0.15, 0.2) is 84.9 Å². The maximum absolute atomic E-state index is 12.4. The van der Waals surface area contributed by atoms with Crippen LogP contribution < -0.4 is 5.32 Å². The average Bonchev–Trinajstić information content (AvgIpc) is 2.74. The van der Waals surface area contributed by atoms with Crippen molar-refractivity contribution in [2.45, 2.75) is 25.3 Å². The van der Waals surface area contributed by atoms with Gasteiger partial charge in [-0.05, 0) is 48.1 Å². The quantitative estimate of drug-likeness (QED) is 0.642. The Morgan fingerprint density at radius 3 is 2.04 bits per heavy atom. The monoisotopic (exact) mass is 356 g/mol. The van der Waals surface area contributed by atoms with Crippen molar-refractivity contribution in [1.29, 1.82) is 0 Å². The second kappa shape index (κ2) is 9.48. The SMILES string of the molecule is O=[C][C@@H](CCCc1ccccc1)NC(=O)c1ccc(-c2ccccc2)cc1. The largest absolute Gasteiger partial charge is 0.342 e. The van der Waals surface area contributed by atoms with E-state index in [1.807, 2.05) is 66.9 Å². The topological polar surface area (TPSA) is 46.2 Å². The molecule has 1 N–H and O–H groups in total. The van der Waals surface area contributed by atoms with E-state index < -0.39 is 6.04 Å². The van der Waals surface area contributed by atoms with Gasteiger partial charge in [-0.15, -0.1) is 0 Å². The molecule has 0 heterocycles. The molecule has 135 valence electrons. The Hall–Kier alpha value is -3.20. The third-order valence-corrected chi connectivity index (χ3v) is 4.50. The van der Waals surface area contributed by atoms with Gasteiger partial charge in [-0.3, -0.25) is 9.59 Å². The molecule has 0 saturated carbocycles. The number of hydrogen-bond donors (Lipinski definition) is 1. The summed E-state index contributed by atoms with van der Waals surface area (Å²) in [5, 5.41) is 2.77. The Kier molecular flexibility index (Phi) is 6.53. The number of benzene rings is 3. The molecule has 3 aromatic rings. The lowest BCUT2D eigenvalue weighted by molar-refractivity contribution is 0.0944. The van der Waals surface area contributed by atoms with Crippen molar-refractivity contribution in [3.8, 4) is 11.1 Å². The number of hydrogen-bond acceptors (Lipinski definition) is 2. The summed E-state index contributed by atoms with van der Waals surface area (Å²) in [7, 11) is 0. The van der Waals surface area contributed by atoms with Gasteiger partial charge in [0.05, 0.1) is 6.04 Å². The fourth-order valence-electron chi connectivity index (χ4n) is 3.00. The van der Waals surface area contributed by atoms with Crippen molar-refractivity contribution in [3.05, 3.63) is 96.1 Å². The molecule has 0 aliphatic rings. The standard InChI is InChI=1S/C24H22NO2/c26-18-23(13-7-10-19-8-3-1-4-9-19)25-24(27)22-16-14-21(15-17-22)20-11-5-2-6-12-20/h1-6,8-9,11-12,14-17,23H,7,10,13H2,(H,25,27)/t23-/m1/s1. The summed E-state index contributed by atoms with van der Waals surface area (Å²) in [6.07, 6.45) is 4.21. The summed E-state index contributed by atoms with van der Waals surface area (Å²) in [6, 6.07) is 26.9. The van der Waals surface area contributed by atoms with E-state index in [2.05, 4.69) is 17.4 Å². The predicted molar refractivity (Wildman–Crippen MR) is 108 cm³/mol. The van der Waals surface area contributed by atoms with Crippen molar-refractivity contribution < 1.29 is 9.59 Å². The summed E-state index contributed by atoms with van der Waals surface area (Å²) in [4.78, 5) is 23.6. The molecule has 0 fully saturated rings. The van der Waals surface area contributed by atoms with E-state index >= 15 is 0 Å². The minimum absolute atomic E-state index is 0.248. The van der Waals surface area contributed by atoms with Crippen LogP contribution in [0.5, 0.6) is 0 Å². The lowest BCUT2D eigenvalue weighted by Crippen LogP contribution is -2.36. The number of carbonyl (C=O) groups is 1. The second-order valence-corrected chi connectivity index (χ2v) is 6.47. The first kappa shape index (κ1) is 18.6. The van der Waals surface area contributed by atoms with E-state index in [9.17, 15) is 9.59 Å². The summed E-state index contributed by atoms with van der Waals surface area (Å²) in [6.45, 7) is 0. The van der Waals surface area contributed by atoms with Gasteiger partial charge in [-0.1, -0.05) is 72.8 Å². The Bertz CT molecular complexity index is 858.